The first-order valence-corrected chi connectivity index (χ1v) is 4.63. The average Bonchev–Trinajstić information content (AvgIpc) is 2.46. The average molecular weight is 198 g/mol. The Morgan fingerprint density at radius 1 is 1.50 bits per heavy atom. The molecule has 0 amide bonds. The van der Waals surface area contributed by atoms with Crippen LogP contribution in [0.5, 0.6) is 0 Å². The van der Waals surface area contributed by atoms with E-state index in [0.717, 1.165) is 13.1 Å². The van der Waals surface area contributed by atoms with Crippen molar-refractivity contribution in [1.29, 1.82) is 0 Å². The predicted molar refractivity (Wildman–Crippen MR) is 56.2 cm³/mol. The van der Waals surface area contributed by atoms with Gasteiger partial charge < -0.3 is 19.9 Å². The van der Waals surface area contributed by atoms with Crippen LogP contribution in [0.25, 0.3) is 0 Å². The molecule has 1 rings (SSSR count). The highest BCUT2D eigenvalue weighted by molar-refractivity contribution is 5.64. The molecule has 1 atom stereocenters. The van der Waals surface area contributed by atoms with Gasteiger partial charge in [0.05, 0.1) is 6.21 Å². The SMILES string of the molecule is CN(C)CCN1C=CN(C)C1/C=N\O. The summed E-state index contributed by atoms with van der Waals surface area (Å²) >= 11 is 0. The van der Waals surface area contributed by atoms with E-state index in [1.165, 1.54) is 6.21 Å². The molecule has 1 N–H and O–H groups in total. The van der Waals surface area contributed by atoms with Crippen LogP contribution in [0.15, 0.2) is 17.6 Å². The van der Waals surface area contributed by atoms with Crippen LogP contribution >= 0.6 is 0 Å². The zero-order valence-corrected chi connectivity index (χ0v) is 8.96. The molecule has 1 unspecified atom stereocenters. The largest absolute Gasteiger partial charge is 0.411 e. The second kappa shape index (κ2) is 4.85. The number of oxime groups is 1. The first-order valence-electron chi connectivity index (χ1n) is 4.63. The maximum atomic E-state index is 8.52. The highest BCUT2D eigenvalue weighted by atomic mass is 16.4. The Bertz CT molecular complexity index is 227. The molecule has 0 bridgehead atoms. The van der Waals surface area contributed by atoms with E-state index in [1.54, 1.807) is 0 Å². The molecule has 5 nitrogen and oxygen atoms in total. The van der Waals surface area contributed by atoms with Crippen LogP contribution in [-0.4, -0.2) is 66.5 Å². The van der Waals surface area contributed by atoms with Gasteiger partial charge in [0.1, 0.15) is 6.17 Å². The molecule has 0 aromatic rings. The van der Waals surface area contributed by atoms with Gasteiger partial charge in [-0.15, -0.1) is 0 Å². The van der Waals surface area contributed by atoms with Gasteiger partial charge in [0, 0.05) is 32.5 Å². The summed E-state index contributed by atoms with van der Waals surface area (Å²) in [7, 11) is 6.04. The van der Waals surface area contributed by atoms with E-state index in [1.807, 2.05) is 38.4 Å². The molecular formula is C9H18N4O. The first-order chi connectivity index (χ1) is 6.65. The number of hydrogen-bond acceptors (Lipinski definition) is 5. The zero-order valence-electron chi connectivity index (χ0n) is 8.96. The third-order valence-corrected chi connectivity index (χ3v) is 2.26. The van der Waals surface area contributed by atoms with Gasteiger partial charge in [0.2, 0.25) is 0 Å². The second-order valence-corrected chi connectivity index (χ2v) is 3.68. The van der Waals surface area contributed by atoms with Crippen LogP contribution < -0.4 is 0 Å². The fourth-order valence-electron chi connectivity index (χ4n) is 1.37. The smallest absolute Gasteiger partial charge is 0.141 e. The number of rotatable bonds is 4. The van der Waals surface area contributed by atoms with E-state index in [9.17, 15) is 0 Å². The molecule has 0 aromatic heterocycles. The number of nitrogens with zero attached hydrogens (tertiary/aromatic N) is 4. The quantitative estimate of drug-likeness (QED) is 0.394. The van der Waals surface area contributed by atoms with Gasteiger partial charge in [-0.2, -0.15) is 0 Å². The van der Waals surface area contributed by atoms with E-state index < -0.39 is 0 Å². The maximum absolute atomic E-state index is 8.52. The van der Waals surface area contributed by atoms with Crippen LogP contribution in [0, 0.1) is 0 Å². The Kier molecular flexibility index (Phi) is 3.76. The lowest BCUT2D eigenvalue weighted by Gasteiger charge is -2.27. The fraction of sp³-hybridized carbons (Fsp3) is 0.667. The summed E-state index contributed by atoms with van der Waals surface area (Å²) in [5.74, 6) is 0. The van der Waals surface area contributed by atoms with Crippen molar-refractivity contribution in [3.63, 3.8) is 0 Å². The van der Waals surface area contributed by atoms with Crippen molar-refractivity contribution in [3.8, 4) is 0 Å². The molecule has 1 heterocycles. The summed E-state index contributed by atoms with van der Waals surface area (Å²) < 4.78 is 0. The van der Waals surface area contributed by atoms with Gasteiger partial charge in [-0.25, -0.2) is 0 Å². The molecule has 0 fully saturated rings. The van der Waals surface area contributed by atoms with E-state index in [4.69, 9.17) is 5.21 Å². The third-order valence-electron chi connectivity index (χ3n) is 2.26. The monoisotopic (exact) mass is 198 g/mol. The molecule has 80 valence electrons. The summed E-state index contributed by atoms with van der Waals surface area (Å²) in [5.41, 5.74) is 0. The highest BCUT2D eigenvalue weighted by Crippen LogP contribution is 2.11. The van der Waals surface area contributed by atoms with E-state index in [0.29, 0.717) is 0 Å². The van der Waals surface area contributed by atoms with Gasteiger partial charge in [-0.3, -0.25) is 0 Å². The van der Waals surface area contributed by atoms with Crippen LogP contribution in [0.1, 0.15) is 0 Å². The second-order valence-electron chi connectivity index (χ2n) is 3.68. The topological polar surface area (TPSA) is 42.3 Å². The molecule has 0 aromatic carbocycles. The third kappa shape index (κ3) is 2.63. The normalized spacial score (nSPS) is 21.9. The Morgan fingerprint density at radius 2 is 2.21 bits per heavy atom. The van der Waals surface area contributed by atoms with Gasteiger partial charge in [0.15, 0.2) is 0 Å². The summed E-state index contributed by atoms with van der Waals surface area (Å²) in [6, 6.07) is 0. The molecule has 0 saturated heterocycles. The molecule has 0 saturated carbocycles. The number of hydrogen-bond donors (Lipinski definition) is 1. The minimum absolute atomic E-state index is 0.0416. The first kappa shape index (κ1) is 10.8. The van der Waals surface area contributed by atoms with E-state index in [2.05, 4.69) is 15.0 Å². The minimum Gasteiger partial charge on any atom is -0.411 e. The summed E-state index contributed by atoms with van der Waals surface area (Å²) in [6.07, 6.45) is 5.55. The van der Waals surface area contributed by atoms with Crippen molar-refractivity contribution >= 4 is 6.21 Å². The fourth-order valence-corrected chi connectivity index (χ4v) is 1.37. The number of likely N-dealkylation sites (N-methyl/N-ethyl adjacent to an activating group) is 1. The van der Waals surface area contributed by atoms with Crippen LogP contribution in [0.3, 0.4) is 0 Å². The molecule has 14 heavy (non-hydrogen) atoms. The van der Waals surface area contributed by atoms with Gasteiger partial charge >= 0.3 is 0 Å². The Labute approximate surface area is 84.9 Å². The maximum Gasteiger partial charge on any atom is 0.141 e. The highest BCUT2D eigenvalue weighted by Gasteiger charge is 2.21. The lowest BCUT2D eigenvalue weighted by atomic mass is 10.4. The van der Waals surface area contributed by atoms with Gasteiger partial charge in [-0.05, 0) is 14.1 Å². The zero-order chi connectivity index (χ0) is 10.6. The van der Waals surface area contributed by atoms with Crippen molar-refractivity contribution in [2.24, 2.45) is 5.16 Å². The minimum atomic E-state index is 0.0416. The van der Waals surface area contributed by atoms with E-state index in [-0.39, 0.29) is 6.17 Å². The lowest BCUT2D eigenvalue weighted by molar-refractivity contribution is 0.218. The van der Waals surface area contributed by atoms with Gasteiger partial charge in [-0.1, -0.05) is 5.16 Å². The summed E-state index contributed by atoms with van der Waals surface area (Å²) in [6.45, 7) is 1.90. The van der Waals surface area contributed by atoms with Crippen molar-refractivity contribution in [1.82, 2.24) is 14.7 Å². The standard InChI is InChI=1S/C9H18N4O/c1-11(2)4-6-13-7-5-12(3)9(13)8-10-14/h5,7-9,14H,4,6H2,1-3H3/b10-8-. The molecule has 5 heteroatoms. The molecule has 1 aliphatic heterocycles. The Hall–Kier alpha value is -1.23. The van der Waals surface area contributed by atoms with Crippen LogP contribution in [0.2, 0.25) is 0 Å². The van der Waals surface area contributed by atoms with Crippen molar-refractivity contribution in [2.45, 2.75) is 6.17 Å². The molecular weight excluding hydrogens is 180 g/mol. The Balaban J connectivity index is 2.47. The van der Waals surface area contributed by atoms with Gasteiger partial charge in [0.25, 0.3) is 0 Å². The van der Waals surface area contributed by atoms with Crippen molar-refractivity contribution < 1.29 is 5.21 Å². The molecule has 0 radical (unpaired) electrons. The van der Waals surface area contributed by atoms with Crippen molar-refractivity contribution in [2.75, 3.05) is 34.2 Å². The Morgan fingerprint density at radius 3 is 2.79 bits per heavy atom. The molecule has 0 aliphatic carbocycles. The lowest BCUT2D eigenvalue weighted by Crippen LogP contribution is -2.40. The molecule has 0 spiro atoms. The summed E-state index contributed by atoms with van der Waals surface area (Å²) in [4.78, 5) is 6.24. The van der Waals surface area contributed by atoms with E-state index >= 15 is 0 Å². The van der Waals surface area contributed by atoms with Crippen LogP contribution in [0.4, 0.5) is 0 Å². The molecule has 1 aliphatic rings. The predicted octanol–water partition coefficient (Wildman–Crippen LogP) is 0.0527. The summed E-state index contributed by atoms with van der Waals surface area (Å²) in [5, 5.41) is 11.6. The van der Waals surface area contributed by atoms with Crippen LogP contribution in [-0.2, 0) is 0 Å². The van der Waals surface area contributed by atoms with Crippen molar-refractivity contribution in [3.05, 3.63) is 12.4 Å².